The van der Waals surface area contributed by atoms with Crippen molar-refractivity contribution in [1.82, 2.24) is 9.80 Å². The van der Waals surface area contributed by atoms with Gasteiger partial charge in [-0.3, -0.25) is 14.4 Å². The van der Waals surface area contributed by atoms with E-state index in [9.17, 15) is 19.5 Å². The van der Waals surface area contributed by atoms with E-state index >= 15 is 0 Å². The first-order chi connectivity index (χ1) is 16.6. The van der Waals surface area contributed by atoms with E-state index in [-0.39, 0.29) is 41.6 Å². The van der Waals surface area contributed by atoms with E-state index in [1.54, 1.807) is 33.7 Å². The third-order valence-electron chi connectivity index (χ3n) is 7.62. The molecule has 3 saturated heterocycles. The van der Waals surface area contributed by atoms with Gasteiger partial charge in [0.05, 0.1) is 35.8 Å². The number of ether oxygens (including phenoxy) is 1. The zero-order valence-corrected chi connectivity index (χ0v) is 22.5. The van der Waals surface area contributed by atoms with Crippen LogP contribution in [0.5, 0.6) is 0 Å². The number of nitrogens with zero attached hydrogens (tertiary/aromatic N) is 2. The normalized spacial score (nSPS) is 30.0. The molecule has 2 bridgehead atoms. The molecule has 1 N–H and O–H groups in total. The van der Waals surface area contributed by atoms with Crippen molar-refractivity contribution in [2.45, 2.75) is 87.9 Å². The standard InChI is InChI=1S/C27H42N2O5S/c1-7-9-10-14-34-26(33)21-20-11-12-27(35-20)22(21)24(31)29(19(16-30)15-17(3)4)23(27)25(32)28(13-8-2)18(5)6/h7-8,17-23,30H,1-2,9-16H2,3-6H3/t19-,20-,21+,22+,23?,27?/m1/s1. The molecule has 3 heterocycles. The number of fused-ring (bicyclic) bond motifs is 1. The van der Waals surface area contributed by atoms with E-state index in [2.05, 4.69) is 13.2 Å². The predicted octanol–water partition coefficient (Wildman–Crippen LogP) is 3.42. The highest BCUT2D eigenvalue weighted by molar-refractivity contribution is 8.02. The molecule has 0 saturated carbocycles. The Morgan fingerprint density at radius 1 is 1.29 bits per heavy atom. The van der Waals surface area contributed by atoms with E-state index in [1.165, 1.54) is 0 Å². The van der Waals surface area contributed by atoms with Gasteiger partial charge in [-0.1, -0.05) is 26.0 Å². The Morgan fingerprint density at radius 2 is 2.00 bits per heavy atom. The second-order valence-corrected chi connectivity index (χ2v) is 12.3. The summed E-state index contributed by atoms with van der Waals surface area (Å²) in [5, 5.41) is 10.3. The van der Waals surface area contributed by atoms with Gasteiger partial charge in [-0.2, -0.15) is 0 Å². The van der Waals surface area contributed by atoms with Crippen molar-refractivity contribution in [3.05, 3.63) is 25.3 Å². The molecule has 3 fully saturated rings. The highest BCUT2D eigenvalue weighted by Gasteiger charge is 2.74. The Kier molecular flexibility index (Phi) is 9.13. The van der Waals surface area contributed by atoms with Gasteiger partial charge in [0.2, 0.25) is 11.8 Å². The number of esters is 1. The molecule has 0 radical (unpaired) electrons. The Labute approximate surface area is 214 Å². The molecule has 7 nitrogen and oxygen atoms in total. The molecule has 196 valence electrons. The molecule has 0 aliphatic carbocycles. The summed E-state index contributed by atoms with van der Waals surface area (Å²) in [6, 6.07) is -1.26. The van der Waals surface area contributed by atoms with Crippen molar-refractivity contribution < 1.29 is 24.2 Å². The summed E-state index contributed by atoms with van der Waals surface area (Å²) in [5.74, 6) is -1.57. The lowest BCUT2D eigenvalue weighted by Crippen LogP contribution is -2.58. The molecule has 2 amide bonds. The van der Waals surface area contributed by atoms with Crippen LogP contribution in [-0.4, -0.2) is 80.6 Å². The molecule has 35 heavy (non-hydrogen) atoms. The first kappa shape index (κ1) is 27.8. The van der Waals surface area contributed by atoms with E-state index < -0.39 is 28.7 Å². The highest BCUT2D eigenvalue weighted by Crippen LogP contribution is 2.67. The van der Waals surface area contributed by atoms with Crippen molar-refractivity contribution in [2.75, 3.05) is 19.8 Å². The molecule has 0 aromatic heterocycles. The van der Waals surface area contributed by atoms with Crippen LogP contribution in [-0.2, 0) is 19.1 Å². The average Bonchev–Trinajstić information content (AvgIpc) is 3.45. The summed E-state index contributed by atoms with van der Waals surface area (Å²) in [7, 11) is 0. The predicted molar refractivity (Wildman–Crippen MR) is 139 cm³/mol. The fraction of sp³-hybridized carbons (Fsp3) is 0.741. The number of carbonyl (C=O) groups is 3. The van der Waals surface area contributed by atoms with E-state index in [0.717, 1.165) is 12.8 Å². The quantitative estimate of drug-likeness (QED) is 0.234. The van der Waals surface area contributed by atoms with Gasteiger partial charge in [-0.05, 0) is 51.9 Å². The number of aliphatic hydroxyl groups is 1. The molecule has 8 heteroatoms. The van der Waals surface area contributed by atoms with Gasteiger partial charge in [0, 0.05) is 17.8 Å². The van der Waals surface area contributed by atoms with E-state index in [4.69, 9.17) is 4.74 Å². The Bertz CT molecular complexity index is 830. The van der Waals surface area contributed by atoms with Crippen molar-refractivity contribution in [2.24, 2.45) is 17.8 Å². The second kappa shape index (κ2) is 11.5. The van der Waals surface area contributed by atoms with Crippen LogP contribution < -0.4 is 0 Å². The van der Waals surface area contributed by atoms with Gasteiger partial charge >= 0.3 is 5.97 Å². The Balaban J connectivity index is 2.01. The van der Waals surface area contributed by atoms with Crippen LogP contribution in [0.15, 0.2) is 25.3 Å². The summed E-state index contributed by atoms with van der Waals surface area (Å²) in [5.41, 5.74) is 0. The number of likely N-dealkylation sites (tertiary alicyclic amines) is 1. The molecule has 6 atom stereocenters. The number of thioether (sulfide) groups is 1. The fourth-order valence-corrected chi connectivity index (χ4v) is 8.39. The maximum absolute atomic E-state index is 14.1. The lowest BCUT2D eigenvalue weighted by molar-refractivity contribution is -0.154. The maximum Gasteiger partial charge on any atom is 0.310 e. The molecule has 0 aromatic rings. The number of allylic oxidation sites excluding steroid dienone is 1. The highest BCUT2D eigenvalue weighted by atomic mass is 32.2. The van der Waals surface area contributed by atoms with Crippen LogP contribution in [0.2, 0.25) is 0 Å². The summed E-state index contributed by atoms with van der Waals surface area (Å²) in [6.07, 6.45) is 7.01. The number of hydrogen-bond acceptors (Lipinski definition) is 6. The first-order valence-electron chi connectivity index (χ1n) is 12.9. The molecule has 2 unspecified atom stereocenters. The number of amides is 2. The fourth-order valence-electron chi connectivity index (χ4n) is 6.20. The smallest absolute Gasteiger partial charge is 0.310 e. The van der Waals surface area contributed by atoms with Gasteiger partial charge in [-0.15, -0.1) is 24.9 Å². The minimum Gasteiger partial charge on any atom is -0.465 e. The summed E-state index contributed by atoms with van der Waals surface area (Å²) < 4.78 is 4.93. The molecule has 3 aliphatic rings. The van der Waals surface area contributed by atoms with Gasteiger partial charge in [0.1, 0.15) is 6.04 Å². The molecule has 3 aliphatic heterocycles. The van der Waals surface area contributed by atoms with Gasteiger partial charge in [0.25, 0.3) is 0 Å². The second-order valence-electron chi connectivity index (χ2n) is 10.7. The number of unbranched alkanes of at least 4 members (excludes halogenated alkanes) is 1. The number of hydrogen-bond donors (Lipinski definition) is 1. The first-order valence-corrected chi connectivity index (χ1v) is 13.8. The van der Waals surface area contributed by atoms with Gasteiger partial charge in [-0.25, -0.2) is 0 Å². The van der Waals surface area contributed by atoms with Gasteiger partial charge < -0.3 is 19.6 Å². The van der Waals surface area contributed by atoms with Crippen LogP contribution in [0.1, 0.15) is 59.8 Å². The minimum absolute atomic E-state index is 0.0297. The van der Waals surface area contributed by atoms with Crippen LogP contribution in [0.25, 0.3) is 0 Å². The lowest BCUT2D eigenvalue weighted by atomic mass is 9.71. The topological polar surface area (TPSA) is 87.1 Å². The van der Waals surface area contributed by atoms with E-state index in [0.29, 0.717) is 32.4 Å². The van der Waals surface area contributed by atoms with Crippen LogP contribution in [0.4, 0.5) is 0 Å². The average molecular weight is 507 g/mol. The summed E-state index contributed by atoms with van der Waals surface area (Å²) >= 11 is 1.63. The third kappa shape index (κ3) is 5.06. The molecular weight excluding hydrogens is 464 g/mol. The summed E-state index contributed by atoms with van der Waals surface area (Å²) in [4.78, 5) is 44.9. The van der Waals surface area contributed by atoms with Crippen molar-refractivity contribution in [3.63, 3.8) is 0 Å². The van der Waals surface area contributed by atoms with Crippen LogP contribution >= 0.6 is 11.8 Å². The lowest BCUT2D eigenvalue weighted by Gasteiger charge is -2.41. The zero-order chi connectivity index (χ0) is 25.9. The minimum atomic E-state index is -0.716. The molecular formula is C27H42N2O5S. The number of carbonyl (C=O) groups excluding carboxylic acids is 3. The summed E-state index contributed by atoms with van der Waals surface area (Å²) in [6.45, 7) is 16.0. The van der Waals surface area contributed by atoms with E-state index in [1.807, 2.05) is 27.7 Å². The molecule has 1 spiro atoms. The van der Waals surface area contributed by atoms with Crippen molar-refractivity contribution >= 4 is 29.5 Å². The maximum atomic E-state index is 14.1. The van der Waals surface area contributed by atoms with Crippen LogP contribution in [0.3, 0.4) is 0 Å². The molecule has 0 aromatic carbocycles. The number of aliphatic hydroxyl groups excluding tert-OH is 1. The molecule has 3 rings (SSSR count). The van der Waals surface area contributed by atoms with Crippen LogP contribution in [0, 0.1) is 17.8 Å². The SMILES string of the molecule is C=CCCCOC(=O)[C@@H]1[C@H]2C(=O)N([C@@H](CO)CC(C)C)C(C(=O)N(CC=C)C(C)C)C23CC[C@H]1S3. The van der Waals surface area contributed by atoms with Gasteiger partial charge in [0.15, 0.2) is 0 Å². The Morgan fingerprint density at radius 3 is 2.57 bits per heavy atom. The largest absolute Gasteiger partial charge is 0.465 e. The monoisotopic (exact) mass is 506 g/mol. The Hall–Kier alpha value is -1.80. The number of rotatable bonds is 13. The van der Waals surface area contributed by atoms with Crippen molar-refractivity contribution in [3.8, 4) is 0 Å². The third-order valence-corrected chi connectivity index (χ3v) is 9.57. The zero-order valence-electron chi connectivity index (χ0n) is 21.7. The van der Waals surface area contributed by atoms with Crippen molar-refractivity contribution in [1.29, 1.82) is 0 Å².